The summed E-state index contributed by atoms with van der Waals surface area (Å²) in [5, 5.41) is 24.5. The second-order valence-electron chi connectivity index (χ2n) is 6.20. The molecule has 0 bridgehead atoms. The van der Waals surface area contributed by atoms with Gasteiger partial charge in [0.05, 0.1) is 30.7 Å². The summed E-state index contributed by atoms with van der Waals surface area (Å²) in [5.74, 6) is 0.403. The van der Waals surface area contributed by atoms with Gasteiger partial charge >= 0.3 is 5.97 Å². The smallest absolute Gasteiger partial charge is 0.313 e. The fourth-order valence-corrected chi connectivity index (χ4v) is 4.29. The molecule has 0 aliphatic rings. The number of nitrogens with one attached hydrogen (secondary N) is 1. The molecule has 0 amide bonds. The summed E-state index contributed by atoms with van der Waals surface area (Å²) in [6.45, 7) is 0.412. The molecule has 0 saturated heterocycles. The number of benzene rings is 1. The summed E-state index contributed by atoms with van der Waals surface area (Å²) in [5.41, 5.74) is 1.68. The summed E-state index contributed by atoms with van der Waals surface area (Å²) in [6.07, 6.45) is 2.05. The molecule has 2 N–H and O–H groups in total. The van der Waals surface area contributed by atoms with Gasteiger partial charge in [0.1, 0.15) is 11.6 Å². The minimum Gasteiger partial charge on any atom is -0.481 e. The number of hydrogen-bond acceptors (Lipinski definition) is 8. The van der Waals surface area contributed by atoms with E-state index in [4.69, 9.17) is 21.1 Å². The summed E-state index contributed by atoms with van der Waals surface area (Å²) in [7, 11) is 0. The number of aliphatic carboxylic acids is 1. The van der Waals surface area contributed by atoms with Gasteiger partial charge in [-0.25, -0.2) is 4.98 Å². The lowest BCUT2D eigenvalue weighted by atomic mass is 10.3. The van der Waals surface area contributed by atoms with Crippen molar-refractivity contribution in [1.82, 2.24) is 19.7 Å². The van der Waals surface area contributed by atoms with Crippen LogP contribution in [0.15, 0.2) is 57.6 Å². The highest BCUT2D eigenvalue weighted by Crippen LogP contribution is 2.25. The van der Waals surface area contributed by atoms with Crippen molar-refractivity contribution in [2.24, 2.45) is 0 Å². The zero-order valence-corrected chi connectivity index (χ0v) is 17.9. The molecule has 8 nitrogen and oxygen atoms in total. The number of furan rings is 1. The predicted octanol–water partition coefficient (Wildman–Crippen LogP) is 4.54. The third kappa shape index (κ3) is 5.21. The van der Waals surface area contributed by atoms with E-state index < -0.39 is 5.97 Å². The summed E-state index contributed by atoms with van der Waals surface area (Å²) in [6, 6.07) is 11.1. The van der Waals surface area contributed by atoms with Gasteiger partial charge in [-0.15, -0.1) is 21.5 Å². The Bertz CT molecular complexity index is 1140. The van der Waals surface area contributed by atoms with Gasteiger partial charge in [0, 0.05) is 16.1 Å². The second kappa shape index (κ2) is 9.33. The highest BCUT2D eigenvalue weighted by molar-refractivity contribution is 7.99. The minimum absolute atomic E-state index is 0.0965. The van der Waals surface area contributed by atoms with Crippen LogP contribution in [-0.4, -0.2) is 36.6 Å². The molecule has 11 heteroatoms. The van der Waals surface area contributed by atoms with Gasteiger partial charge in [0.2, 0.25) is 0 Å². The van der Waals surface area contributed by atoms with Crippen LogP contribution in [0.25, 0.3) is 0 Å². The molecular formula is C19H16ClN5O3S2. The lowest BCUT2D eigenvalue weighted by Crippen LogP contribution is -2.08. The maximum absolute atomic E-state index is 11.0. The van der Waals surface area contributed by atoms with Gasteiger partial charge in [0.25, 0.3) is 0 Å². The Morgan fingerprint density at radius 1 is 1.30 bits per heavy atom. The first kappa shape index (κ1) is 20.5. The lowest BCUT2D eigenvalue weighted by Gasteiger charge is -2.07. The molecule has 154 valence electrons. The number of carboxylic acids is 1. The number of anilines is 2. The van der Waals surface area contributed by atoms with Crippen molar-refractivity contribution in [3.63, 3.8) is 0 Å². The number of aromatic nitrogens is 4. The van der Waals surface area contributed by atoms with E-state index in [0.29, 0.717) is 29.0 Å². The van der Waals surface area contributed by atoms with Crippen molar-refractivity contribution in [2.75, 3.05) is 11.1 Å². The number of carboxylic acid groups (broad SMARTS) is 1. The zero-order chi connectivity index (χ0) is 20.9. The van der Waals surface area contributed by atoms with Gasteiger partial charge in [0.15, 0.2) is 10.3 Å². The monoisotopic (exact) mass is 461 g/mol. The second-order valence-corrected chi connectivity index (χ2v) is 8.44. The van der Waals surface area contributed by atoms with E-state index in [1.165, 1.54) is 11.3 Å². The molecular weight excluding hydrogens is 446 g/mol. The Morgan fingerprint density at radius 3 is 2.97 bits per heavy atom. The molecule has 0 radical (unpaired) electrons. The number of carbonyl (C=O) groups is 1. The molecule has 4 aromatic rings. The molecule has 0 fully saturated rings. The lowest BCUT2D eigenvalue weighted by molar-refractivity contribution is -0.133. The molecule has 3 aromatic heterocycles. The standard InChI is InChI=1S/C19H16ClN5O3S2/c20-12-3-1-4-13(7-12)21-18-22-14(10-29-18)8-16-23-24-19(30-11-17(26)27)25(16)9-15-5-2-6-28-15/h1-7,10H,8-9,11H2,(H,21,22)(H,26,27). The van der Waals surface area contributed by atoms with Crippen LogP contribution < -0.4 is 5.32 Å². The van der Waals surface area contributed by atoms with E-state index >= 15 is 0 Å². The van der Waals surface area contributed by atoms with Crippen LogP contribution in [-0.2, 0) is 17.8 Å². The van der Waals surface area contributed by atoms with Crippen LogP contribution in [0.5, 0.6) is 0 Å². The molecule has 3 heterocycles. The summed E-state index contributed by atoms with van der Waals surface area (Å²) in [4.78, 5) is 15.6. The molecule has 0 atom stereocenters. The molecule has 0 saturated carbocycles. The fraction of sp³-hybridized carbons (Fsp3) is 0.158. The van der Waals surface area contributed by atoms with Crippen molar-refractivity contribution in [3.05, 3.63) is 70.3 Å². The summed E-state index contributed by atoms with van der Waals surface area (Å²) >= 11 is 8.63. The van der Waals surface area contributed by atoms with Crippen LogP contribution in [0.2, 0.25) is 5.02 Å². The van der Waals surface area contributed by atoms with E-state index in [2.05, 4.69) is 20.5 Å². The highest BCUT2D eigenvalue weighted by atomic mass is 35.5. The molecule has 0 unspecified atom stereocenters. The Morgan fingerprint density at radius 2 is 2.20 bits per heavy atom. The quantitative estimate of drug-likeness (QED) is 0.350. The van der Waals surface area contributed by atoms with Gasteiger partial charge in [-0.2, -0.15) is 0 Å². The Hall–Kier alpha value is -2.82. The molecule has 30 heavy (non-hydrogen) atoms. The Balaban J connectivity index is 1.52. The first-order valence-corrected chi connectivity index (χ1v) is 11.1. The average molecular weight is 462 g/mol. The van der Waals surface area contributed by atoms with Crippen molar-refractivity contribution < 1.29 is 14.3 Å². The number of thiazole rings is 1. The van der Waals surface area contributed by atoms with Crippen molar-refractivity contribution in [2.45, 2.75) is 18.1 Å². The number of rotatable bonds is 9. The summed E-state index contributed by atoms with van der Waals surface area (Å²) < 4.78 is 7.29. The Kier molecular flexibility index (Phi) is 6.36. The molecule has 0 spiro atoms. The average Bonchev–Trinajstić information content (AvgIpc) is 3.44. The normalized spacial score (nSPS) is 11.0. The van der Waals surface area contributed by atoms with Crippen LogP contribution in [0.3, 0.4) is 0 Å². The topological polar surface area (TPSA) is 106 Å². The van der Waals surface area contributed by atoms with Gasteiger partial charge in [-0.05, 0) is 30.3 Å². The van der Waals surface area contributed by atoms with Gasteiger partial charge in [-0.3, -0.25) is 9.36 Å². The highest BCUT2D eigenvalue weighted by Gasteiger charge is 2.17. The molecule has 1 aromatic carbocycles. The van der Waals surface area contributed by atoms with Crippen LogP contribution in [0.4, 0.5) is 10.8 Å². The van der Waals surface area contributed by atoms with Gasteiger partial charge in [-0.1, -0.05) is 29.4 Å². The van der Waals surface area contributed by atoms with Crippen LogP contribution >= 0.6 is 34.7 Å². The molecule has 0 aliphatic heterocycles. The Labute approximate surface area is 184 Å². The maximum atomic E-state index is 11.0. The third-order valence-corrected chi connectivity index (χ3v) is 5.97. The number of thioether (sulfide) groups is 1. The number of halogens is 1. The van der Waals surface area contributed by atoms with E-state index in [0.717, 1.165) is 34.0 Å². The van der Waals surface area contributed by atoms with E-state index in [1.54, 1.807) is 12.3 Å². The molecule has 0 aliphatic carbocycles. The minimum atomic E-state index is -0.912. The SMILES string of the molecule is O=C(O)CSc1nnc(Cc2csc(Nc3cccc(Cl)c3)n2)n1Cc1ccco1. The largest absolute Gasteiger partial charge is 0.481 e. The van der Waals surface area contributed by atoms with Crippen molar-refractivity contribution in [1.29, 1.82) is 0 Å². The van der Waals surface area contributed by atoms with Crippen LogP contribution in [0.1, 0.15) is 17.3 Å². The van der Waals surface area contributed by atoms with Crippen molar-refractivity contribution in [3.8, 4) is 0 Å². The third-order valence-electron chi connectivity index (χ3n) is 3.98. The first-order chi connectivity index (χ1) is 14.6. The number of nitrogens with zero attached hydrogens (tertiary/aromatic N) is 4. The fourth-order valence-electron chi connectivity index (χ4n) is 2.70. The van der Waals surface area contributed by atoms with E-state index in [9.17, 15) is 4.79 Å². The van der Waals surface area contributed by atoms with E-state index in [-0.39, 0.29) is 5.75 Å². The van der Waals surface area contributed by atoms with Crippen LogP contribution in [0, 0.1) is 0 Å². The maximum Gasteiger partial charge on any atom is 0.313 e. The zero-order valence-electron chi connectivity index (χ0n) is 15.5. The predicted molar refractivity (Wildman–Crippen MR) is 116 cm³/mol. The first-order valence-electron chi connectivity index (χ1n) is 8.83. The molecule has 4 rings (SSSR count). The van der Waals surface area contributed by atoms with E-state index in [1.807, 2.05) is 40.3 Å². The van der Waals surface area contributed by atoms with Gasteiger partial charge < -0.3 is 14.8 Å². The van der Waals surface area contributed by atoms with Crippen molar-refractivity contribution >= 4 is 51.5 Å². The number of hydrogen-bond donors (Lipinski definition) is 2.